The zero-order valence-electron chi connectivity index (χ0n) is 9.18. The average molecular weight is 258 g/mol. The molecule has 0 amide bonds. The Kier molecular flexibility index (Phi) is 4.95. The van der Waals surface area contributed by atoms with Gasteiger partial charge < -0.3 is 10.5 Å². The van der Waals surface area contributed by atoms with Crippen LogP contribution in [0.15, 0.2) is 12.1 Å². The van der Waals surface area contributed by atoms with Crippen molar-refractivity contribution >= 4 is 23.2 Å². The standard InChI is InChI=1S/C12H13Cl2NO/c1-3-16-12-7-10(13)9(6-11(12)14)5-4-8(2)15/h6-8H,3,15H2,1-2H3. The van der Waals surface area contributed by atoms with Gasteiger partial charge in [0.05, 0.1) is 22.7 Å². The summed E-state index contributed by atoms with van der Waals surface area (Å²) in [5.74, 6) is 6.27. The zero-order valence-corrected chi connectivity index (χ0v) is 10.7. The highest BCUT2D eigenvalue weighted by Crippen LogP contribution is 2.30. The van der Waals surface area contributed by atoms with Crippen molar-refractivity contribution in [2.45, 2.75) is 19.9 Å². The molecule has 0 heterocycles. The first-order valence-corrected chi connectivity index (χ1v) is 5.69. The van der Waals surface area contributed by atoms with Gasteiger partial charge in [0.2, 0.25) is 0 Å². The maximum absolute atomic E-state index is 6.04. The van der Waals surface area contributed by atoms with Crippen molar-refractivity contribution in [2.75, 3.05) is 6.61 Å². The Morgan fingerprint density at radius 3 is 2.62 bits per heavy atom. The van der Waals surface area contributed by atoms with Gasteiger partial charge in [-0.15, -0.1) is 0 Å². The van der Waals surface area contributed by atoms with E-state index in [0.29, 0.717) is 28.0 Å². The van der Waals surface area contributed by atoms with Crippen LogP contribution in [0.5, 0.6) is 5.75 Å². The fourth-order valence-electron chi connectivity index (χ4n) is 1.08. The third-order valence-electron chi connectivity index (χ3n) is 1.76. The molecule has 0 spiro atoms. The molecule has 0 aliphatic carbocycles. The van der Waals surface area contributed by atoms with Crippen LogP contribution in [0, 0.1) is 11.8 Å². The summed E-state index contributed by atoms with van der Waals surface area (Å²) in [5.41, 5.74) is 6.19. The Balaban J connectivity index is 3.07. The van der Waals surface area contributed by atoms with Gasteiger partial charge in [-0.3, -0.25) is 0 Å². The first-order valence-electron chi connectivity index (χ1n) is 4.93. The van der Waals surface area contributed by atoms with Crippen molar-refractivity contribution in [3.05, 3.63) is 27.7 Å². The van der Waals surface area contributed by atoms with E-state index in [1.54, 1.807) is 19.1 Å². The topological polar surface area (TPSA) is 35.2 Å². The fourth-order valence-corrected chi connectivity index (χ4v) is 1.50. The molecular weight excluding hydrogens is 245 g/mol. The predicted molar refractivity (Wildman–Crippen MR) is 68.2 cm³/mol. The molecule has 0 radical (unpaired) electrons. The van der Waals surface area contributed by atoms with E-state index in [9.17, 15) is 0 Å². The summed E-state index contributed by atoms with van der Waals surface area (Å²) in [7, 11) is 0. The number of hydrogen-bond acceptors (Lipinski definition) is 2. The molecule has 0 aliphatic rings. The van der Waals surface area contributed by atoms with Gasteiger partial charge in [0.1, 0.15) is 5.75 Å². The largest absolute Gasteiger partial charge is 0.492 e. The fraction of sp³-hybridized carbons (Fsp3) is 0.333. The molecule has 2 N–H and O–H groups in total. The lowest BCUT2D eigenvalue weighted by molar-refractivity contribution is 0.340. The molecule has 0 saturated carbocycles. The molecule has 1 rings (SSSR count). The number of benzene rings is 1. The van der Waals surface area contributed by atoms with Gasteiger partial charge in [-0.1, -0.05) is 35.0 Å². The van der Waals surface area contributed by atoms with Crippen molar-refractivity contribution in [2.24, 2.45) is 5.73 Å². The molecule has 0 fully saturated rings. The Morgan fingerprint density at radius 1 is 1.38 bits per heavy atom. The highest BCUT2D eigenvalue weighted by atomic mass is 35.5. The van der Waals surface area contributed by atoms with Crippen LogP contribution < -0.4 is 10.5 Å². The summed E-state index contributed by atoms with van der Waals surface area (Å²) in [5, 5.41) is 1.02. The van der Waals surface area contributed by atoms with Gasteiger partial charge >= 0.3 is 0 Å². The molecule has 1 aromatic rings. The molecule has 86 valence electrons. The summed E-state index contributed by atoms with van der Waals surface area (Å²) in [4.78, 5) is 0. The highest BCUT2D eigenvalue weighted by molar-refractivity contribution is 6.35. The molecule has 0 saturated heterocycles. The van der Waals surface area contributed by atoms with E-state index >= 15 is 0 Å². The summed E-state index contributed by atoms with van der Waals surface area (Å²) < 4.78 is 5.31. The SMILES string of the molecule is CCOc1cc(Cl)c(C#CC(C)N)cc1Cl. The highest BCUT2D eigenvalue weighted by Gasteiger charge is 2.06. The number of rotatable bonds is 2. The minimum Gasteiger partial charge on any atom is -0.492 e. The van der Waals surface area contributed by atoms with E-state index in [0.717, 1.165) is 0 Å². The molecule has 1 atom stereocenters. The van der Waals surface area contributed by atoms with E-state index in [-0.39, 0.29) is 6.04 Å². The second-order valence-electron chi connectivity index (χ2n) is 3.25. The third kappa shape index (κ3) is 3.61. The molecule has 16 heavy (non-hydrogen) atoms. The average Bonchev–Trinajstić information content (AvgIpc) is 2.21. The molecule has 1 unspecified atom stereocenters. The lowest BCUT2D eigenvalue weighted by atomic mass is 10.2. The molecule has 0 bridgehead atoms. The number of halogens is 2. The van der Waals surface area contributed by atoms with E-state index in [4.69, 9.17) is 33.7 Å². The van der Waals surface area contributed by atoms with E-state index in [2.05, 4.69) is 11.8 Å². The summed E-state index contributed by atoms with van der Waals surface area (Å²) in [6.07, 6.45) is 0. The molecule has 2 nitrogen and oxygen atoms in total. The molecular formula is C12H13Cl2NO. The Labute approximate surface area is 106 Å². The van der Waals surface area contributed by atoms with Gasteiger partial charge in [0, 0.05) is 11.6 Å². The normalized spacial score (nSPS) is 11.6. The minimum atomic E-state index is -0.193. The Hall–Kier alpha value is -0.880. The Morgan fingerprint density at radius 2 is 2.06 bits per heavy atom. The van der Waals surface area contributed by atoms with Crippen molar-refractivity contribution in [3.63, 3.8) is 0 Å². The minimum absolute atomic E-state index is 0.193. The second kappa shape index (κ2) is 6.00. The smallest absolute Gasteiger partial charge is 0.139 e. The van der Waals surface area contributed by atoms with Gasteiger partial charge in [0.15, 0.2) is 0 Å². The van der Waals surface area contributed by atoms with Gasteiger partial charge in [-0.2, -0.15) is 0 Å². The third-order valence-corrected chi connectivity index (χ3v) is 2.36. The first-order chi connectivity index (χ1) is 7.54. The molecule has 0 aromatic heterocycles. The van der Waals surface area contributed by atoms with Crippen LogP contribution in [0.25, 0.3) is 0 Å². The Bertz CT molecular complexity index is 433. The summed E-state index contributed by atoms with van der Waals surface area (Å²) >= 11 is 12.1. The molecule has 0 aliphatic heterocycles. The van der Waals surface area contributed by atoms with E-state index < -0.39 is 0 Å². The van der Waals surface area contributed by atoms with Crippen molar-refractivity contribution in [1.29, 1.82) is 0 Å². The van der Waals surface area contributed by atoms with Crippen molar-refractivity contribution < 1.29 is 4.74 Å². The number of ether oxygens (including phenoxy) is 1. The lowest BCUT2D eigenvalue weighted by Gasteiger charge is -2.07. The lowest BCUT2D eigenvalue weighted by Crippen LogP contribution is -2.10. The quantitative estimate of drug-likeness (QED) is 0.827. The van der Waals surface area contributed by atoms with Gasteiger partial charge in [0.25, 0.3) is 0 Å². The van der Waals surface area contributed by atoms with Crippen LogP contribution in [0.4, 0.5) is 0 Å². The van der Waals surface area contributed by atoms with Gasteiger partial charge in [-0.05, 0) is 19.9 Å². The van der Waals surface area contributed by atoms with Crippen LogP contribution in [-0.4, -0.2) is 12.6 Å². The predicted octanol–water partition coefficient (Wildman–Crippen LogP) is 3.09. The first kappa shape index (κ1) is 13.2. The van der Waals surface area contributed by atoms with Crippen molar-refractivity contribution in [3.8, 4) is 17.6 Å². The van der Waals surface area contributed by atoms with E-state index in [1.165, 1.54) is 0 Å². The summed E-state index contributed by atoms with van der Waals surface area (Å²) in [6, 6.07) is 3.16. The number of nitrogens with two attached hydrogens (primary N) is 1. The maximum Gasteiger partial charge on any atom is 0.139 e. The molecule has 1 aromatic carbocycles. The second-order valence-corrected chi connectivity index (χ2v) is 4.07. The summed E-state index contributed by atoms with van der Waals surface area (Å²) in [6.45, 7) is 4.23. The van der Waals surface area contributed by atoms with Crippen molar-refractivity contribution in [1.82, 2.24) is 0 Å². The van der Waals surface area contributed by atoms with Crippen LogP contribution >= 0.6 is 23.2 Å². The van der Waals surface area contributed by atoms with Gasteiger partial charge in [-0.25, -0.2) is 0 Å². The molecule has 4 heteroatoms. The van der Waals surface area contributed by atoms with Crippen LogP contribution in [-0.2, 0) is 0 Å². The van der Waals surface area contributed by atoms with Crippen LogP contribution in [0.3, 0.4) is 0 Å². The maximum atomic E-state index is 6.04. The van der Waals surface area contributed by atoms with Crippen LogP contribution in [0.2, 0.25) is 10.0 Å². The zero-order chi connectivity index (χ0) is 12.1. The number of hydrogen-bond donors (Lipinski definition) is 1. The van der Waals surface area contributed by atoms with Crippen LogP contribution in [0.1, 0.15) is 19.4 Å². The monoisotopic (exact) mass is 257 g/mol. The van der Waals surface area contributed by atoms with E-state index in [1.807, 2.05) is 6.92 Å².